The lowest BCUT2D eigenvalue weighted by molar-refractivity contribution is 0.0942. The van der Waals surface area contributed by atoms with Crippen LogP contribution in [-0.4, -0.2) is 10.5 Å². The Hall–Kier alpha value is -2.07. The molecule has 0 unspecified atom stereocenters. The number of hydrazine groups is 1. The van der Waals surface area contributed by atoms with Crippen LogP contribution in [0.2, 0.25) is 0 Å². The van der Waals surface area contributed by atoms with E-state index < -0.39 is 0 Å². The molecule has 1 amide bonds. The number of aromatic nitrogens is 1. The second-order valence-electron chi connectivity index (χ2n) is 4.97. The fourth-order valence-electron chi connectivity index (χ4n) is 2.40. The summed E-state index contributed by atoms with van der Waals surface area (Å²) < 4.78 is 2.08. The number of nitrogen functional groups attached to an aromatic ring is 1. The molecule has 1 heterocycles. The molecule has 1 aromatic heterocycles. The molecule has 0 bridgehead atoms. The van der Waals surface area contributed by atoms with Gasteiger partial charge in [-0.1, -0.05) is 37.3 Å². The third kappa shape index (κ3) is 2.91. The molecule has 20 heavy (non-hydrogen) atoms. The molecule has 0 spiro atoms. The van der Waals surface area contributed by atoms with E-state index >= 15 is 0 Å². The van der Waals surface area contributed by atoms with Crippen LogP contribution in [0.25, 0.3) is 0 Å². The lowest BCUT2D eigenvalue weighted by atomic mass is 10.1. The van der Waals surface area contributed by atoms with Gasteiger partial charge in [0.25, 0.3) is 5.91 Å². The average molecular weight is 271 g/mol. The molecule has 0 radical (unpaired) electrons. The number of nitrogens with one attached hydrogen (secondary N) is 1. The van der Waals surface area contributed by atoms with Crippen molar-refractivity contribution in [2.24, 2.45) is 5.84 Å². The summed E-state index contributed by atoms with van der Waals surface area (Å²) in [6, 6.07) is 14.4. The van der Waals surface area contributed by atoms with Crippen LogP contribution < -0.4 is 11.3 Å². The minimum Gasteiger partial charge on any atom is -0.338 e. The zero-order valence-electron chi connectivity index (χ0n) is 12.0. The number of carbonyl (C=O) groups excluding carboxylic acids is 1. The number of amides is 1. The van der Waals surface area contributed by atoms with Crippen molar-refractivity contribution in [3.63, 3.8) is 0 Å². The Balaban J connectivity index is 2.38. The van der Waals surface area contributed by atoms with Crippen molar-refractivity contribution in [2.75, 3.05) is 0 Å². The van der Waals surface area contributed by atoms with E-state index in [1.165, 1.54) is 5.56 Å². The lowest BCUT2D eigenvalue weighted by Crippen LogP contribution is -2.32. The molecule has 0 fully saturated rings. The Bertz CT molecular complexity index is 575. The predicted molar refractivity (Wildman–Crippen MR) is 80.3 cm³/mol. The van der Waals surface area contributed by atoms with E-state index in [4.69, 9.17) is 5.84 Å². The fourth-order valence-corrected chi connectivity index (χ4v) is 2.40. The van der Waals surface area contributed by atoms with E-state index in [2.05, 4.69) is 36.0 Å². The highest BCUT2D eigenvalue weighted by Crippen LogP contribution is 2.21. The van der Waals surface area contributed by atoms with Crippen molar-refractivity contribution in [3.8, 4) is 0 Å². The lowest BCUT2D eigenvalue weighted by Gasteiger charge is -2.19. The molecule has 0 saturated carbocycles. The largest absolute Gasteiger partial charge is 0.338 e. The number of rotatable bonds is 5. The Kier molecular flexibility index (Phi) is 4.58. The van der Waals surface area contributed by atoms with Crippen molar-refractivity contribution in [1.29, 1.82) is 0 Å². The van der Waals surface area contributed by atoms with Crippen LogP contribution in [0.5, 0.6) is 0 Å². The summed E-state index contributed by atoms with van der Waals surface area (Å²) in [6.07, 6.45) is 1.77. The molecular formula is C16H21N3O. The summed E-state index contributed by atoms with van der Waals surface area (Å²) in [5.74, 6) is 5.02. The zero-order chi connectivity index (χ0) is 14.5. The van der Waals surface area contributed by atoms with E-state index in [0.717, 1.165) is 18.5 Å². The molecule has 4 heteroatoms. The van der Waals surface area contributed by atoms with E-state index in [0.29, 0.717) is 5.69 Å². The van der Waals surface area contributed by atoms with Crippen LogP contribution in [0.4, 0.5) is 0 Å². The molecule has 4 nitrogen and oxygen atoms in total. The van der Waals surface area contributed by atoms with Gasteiger partial charge in [0.2, 0.25) is 0 Å². The molecule has 0 aliphatic carbocycles. The van der Waals surface area contributed by atoms with E-state index in [1.54, 1.807) is 0 Å². The first-order valence-corrected chi connectivity index (χ1v) is 6.92. The molecule has 0 aliphatic heterocycles. The summed E-state index contributed by atoms with van der Waals surface area (Å²) in [4.78, 5) is 11.9. The Labute approximate surface area is 119 Å². The highest BCUT2D eigenvalue weighted by atomic mass is 16.2. The first-order valence-electron chi connectivity index (χ1n) is 6.92. The van der Waals surface area contributed by atoms with Crippen molar-refractivity contribution in [3.05, 3.63) is 59.4 Å². The first kappa shape index (κ1) is 14.3. The van der Waals surface area contributed by atoms with Gasteiger partial charge in [-0.2, -0.15) is 0 Å². The summed E-state index contributed by atoms with van der Waals surface area (Å²) in [5, 5.41) is 0. The molecule has 0 aliphatic rings. The maximum atomic E-state index is 11.9. The van der Waals surface area contributed by atoms with Crippen LogP contribution in [0.1, 0.15) is 48.1 Å². The second kappa shape index (κ2) is 6.39. The smallest absolute Gasteiger partial charge is 0.281 e. The number of hydrogen-bond acceptors (Lipinski definition) is 2. The van der Waals surface area contributed by atoms with Crippen molar-refractivity contribution in [1.82, 2.24) is 9.99 Å². The minimum absolute atomic E-state index is 0.246. The molecular weight excluding hydrogens is 250 g/mol. The van der Waals surface area contributed by atoms with Gasteiger partial charge >= 0.3 is 0 Å². The summed E-state index contributed by atoms with van der Waals surface area (Å²) in [7, 11) is 0. The van der Waals surface area contributed by atoms with Gasteiger partial charge in [0, 0.05) is 18.2 Å². The van der Waals surface area contributed by atoms with Gasteiger partial charge in [0.1, 0.15) is 5.69 Å². The van der Waals surface area contributed by atoms with Crippen LogP contribution in [0, 0.1) is 0 Å². The number of benzene rings is 1. The number of hydrogen-bond donors (Lipinski definition) is 2. The third-order valence-electron chi connectivity index (χ3n) is 3.63. The van der Waals surface area contributed by atoms with Crippen molar-refractivity contribution >= 4 is 5.91 Å². The summed E-state index contributed by atoms with van der Waals surface area (Å²) >= 11 is 0. The van der Waals surface area contributed by atoms with Crippen molar-refractivity contribution in [2.45, 2.75) is 32.7 Å². The second-order valence-corrected chi connectivity index (χ2v) is 4.97. The monoisotopic (exact) mass is 271 g/mol. The SMILES string of the molecule is CC[C@H](C)n1c(Cc2ccccc2)ccc1C(=O)NN. The van der Waals surface area contributed by atoms with Crippen LogP contribution in [-0.2, 0) is 6.42 Å². The van der Waals surface area contributed by atoms with E-state index in [1.807, 2.05) is 30.3 Å². The standard InChI is InChI=1S/C16H21N3O/c1-3-12(2)19-14(9-10-15(19)16(20)18-17)11-13-7-5-4-6-8-13/h4-10,12H,3,11,17H2,1-2H3,(H,18,20)/t12-/m0/s1. The maximum Gasteiger partial charge on any atom is 0.281 e. The molecule has 0 saturated heterocycles. The van der Waals surface area contributed by atoms with Crippen LogP contribution in [0.15, 0.2) is 42.5 Å². The zero-order valence-corrected chi connectivity index (χ0v) is 12.0. The quantitative estimate of drug-likeness (QED) is 0.499. The van der Waals surface area contributed by atoms with E-state index in [-0.39, 0.29) is 11.9 Å². The summed E-state index contributed by atoms with van der Waals surface area (Å²) in [5.41, 5.74) is 5.20. The first-order chi connectivity index (χ1) is 9.67. The topological polar surface area (TPSA) is 60.0 Å². The third-order valence-corrected chi connectivity index (χ3v) is 3.63. The highest BCUT2D eigenvalue weighted by molar-refractivity contribution is 5.92. The number of carbonyl (C=O) groups is 1. The van der Waals surface area contributed by atoms with Gasteiger partial charge in [-0.05, 0) is 31.0 Å². The van der Waals surface area contributed by atoms with Gasteiger partial charge in [-0.15, -0.1) is 0 Å². The predicted octanol–water partition coefficient (Wildman–Crippen LogP) is 2.65. The number of nitrogens with two attached hydrogens (primary N) is 1. The fraction of sp³-hybridized carbons (Fsp3) is 0.312. The van der Waals surface area contributed by atoms with Crippen molar-refractivity contribution < 1.29 is 4.79 Å². The molecule has 1 aromatic carbocycles. The van der Waals surface area contributed by atoms with Gasteiger partial charge in [-0.3, -0.25) is 10.2 Å². The Morgan fingerprint density at radius 2 is 1.95 bits per heavy atom. The average Bonchev–Trinajstić information content (AvgIpc) is 2.90. The van der Waals surface area contributed by atoms with Gasteiger partial charge in [0.15, 0.2) is 0 Å². The molecule has 1 atom stereocenters. The Morgan fingerprint density at radius 3 is 2.55 bits per heavy atom. The normalized spacial score (nSPS) is 12.2. The maximum absolute atomic E-state index is 11.9. The van der Waals surface area contributed by atoms with Crippen LogP contribution >= 0.6 is 0 Å². The van der Waals surface area contributed by atoms with E-state index in [9.17, 15) is 4.79 Å². The molecule has 2 rings (SSSR count). The molecule has 2 aromatic rings. The van der Waals surface area contributed by atoms with Gasteiger partial charge in [0.05, 0.1) is 0 Å². The summed E-state index contributed by atoms with van der Waals surface area (Å²) in [6.45, 7) is 4.23. The molecule has 3 N–H and O–H groups in total. The Morgan fingerprint density at radius 1 is 1.25 bits per heavy atom. The van der Waals surface area contributed by atoms with Gasteiger partial charge < -0.3 is 4.57 Å². The van der Waals surface area contributed by atoms with Gasteiger partial charge in [-0.25, -0.2) is 5.84 Å². The highest BCUT2D eigenvalue weighted by Gasteiger charge is 2.17. The number of nitrogens with zero attached hydrogens (tertiary/aromatic N) is 1. The molecule has 106 valence electrons. The minimum atomic E-state index is -0.246. The van der Waals surface area contributed by atoms with Crippen LogP contribution in [0.3, 0.4) is 0 Å².